The van der Waals surface area contributed by atoms with Crippen LogP contribution < -0.4 is 0 Å². The molecular weight excluding hydrogens is 306 g/mol. The van der Waals surface area contributed by atoms with Crippen LogP contribution >= 0.6 is 0 Å². The van der Waals surface area contributed by atoms with E-state index in [4.69, 9.17) is 0 Å². The van der Waals surface area contributed by atoms with Gasteiger partial charge in [0.05, 0.1) is 0 Å². The lowest BCUT2D eigenvalue weighted by molar-refractivity contribution is 0.0750. The minimum atomic E-state index is 0.207. The van der Waals surface area contributed by atoms with E-state index in [0.717, 1.165) is 44.3 Å². The molecule has 0 saturated carbocycles. The Hall–Kier alpha value is -1.31. The number of benzene rings is 1. The Morgan fingerprint density at radius 3 is 1.80 bits per heavy atom. The standard InChI is InChI=1S/C23H39NO/c1-4-7-9-10-11-12-13-14-20-24(19-8-5-2)23(25)22-17-15-21(6-3)16-18-22/h15-18H,4-14,19-20H2,1-3H3. The quantitative estimate of drug-likeness (QED) is 0.346. The molecule has 142 valence electrons. The van der Waals surface area contributed by atoms with E-state index in [1.807, 2.05) is 12.1 Å². The van der Waals surface area contributed by atoms with Gasteiger partial charge in [-0.05, 0) is 37.0 Å². The SMILES string of the molecule is CCCCCCCCCCN(CCCC)C(=O)c1ccc(CC)cc1. The highest BCUT2D eigenvalue weighted by Crippen LogP contribution is 2.12. The van der Waals surface area contributed by atoms with Gasteiger partial charge in [-0.15, -0.1) is 0 Å². The van der Waals surface area contributed by atoms with Crippen LogP contribution in [0.25, 0.3) is 0 Å². The maximum atomic E-state index is 12.8. The third-order valence-corrected chi connectivity index (χ3v) is 4.96. The fourth-order valence-corrected chi connectivity index (χ4v) is 3.17. The van der Waals surface area contributed by atoms with Crippen molar-refractivity contribution in [2.75, 3.05) is 13.1 Å². The minimum absolute atomic E-state index is 0.207. The fraction of sp³-hybridized carbons (Fsp3) is 0.696. The smallest absolute Gasteiger partial charge is 0.253 e. The van der Waals surface area contributed by atoms with Crippen LogP contribution in [0, 0.1) is 0 Å². The Kier molecular flexibility index (Phi) is 12.1. The minimum Gasteiger partial charge on any atom is -0.339 e. The molecule has 0 aliphatic heterocycles. The molecule has 1 aromatic carbocycles. The molecule has 0 radical (unpaired) electrons. The summed E-state index contributed by atoms with van der Waals surface area (Å²) in [6.45, 7) is 8.39. The lowest BCUT2D eigenvalue weighted by Crippen LogP contribution is -2.33. The zero-order valence-electron chi connectivity index (χ0n) is 16.9. The predicted octanol–water partition coefficient (Wildman–Crippen LogP) is 6.63. The summed E-state index contributed by atoms with van der Waals surface area (Å²) in [5.74, 6) is 0.207. The molecule has 0 bridgehead atoms. The van der Waals surface area contributed by atoms with Crippen molar-refractivity contribution in [1.29, 1.82) is 0 Å². The summed E-state index contributed by atoms with van der Waals surface area (Å²) in [7, 11) is 0. The van der Waals surface area contributed by atoms with Crippen LogP contribution in [0.5, 0.6) is 0 Å². The first-order chi connectivity index (χ1) is 12.2. The van der Waals surface area contributed by atoms with Gasteiger partial charge >= 0.3 is 0 Å². The molecular formula is C23H39NO. The van der Waals surface area contributed by atoms with E-state index in [1.54, 1.807) is 0 Å². The first-order valence-electron chi connectivity index (χ1n) is 10.6. The number of carbonyl (C=O) groups excluding carboxylic acids is 1. The number of carbonyl (C=O) groups is 1. The third kappa shape index (κ3) is 9.09. The number of aryl methyl sites for hydroxylation is 1. The van der Waals surface area contributed by atoms with Gasteiger partial charge < -0.3 is 4.90 Å². The summed E-state index contributed by atoms with van der Waals surface area (Å²) < 4.78 is 0. The van der Waals surface area contributed by atoms with Crippen LogP contribution in [0.2, 0.25) is 0 Å². The summed E-state index contributed by atoms with van der Waals surface area (Å²) in [5.41, 5.74) is 2.13. The van der Waals surface area contributed by atoms with Crippen molar-refractivity contribution in [3.63, 3.8) is 0 Å². The molecule has 0 aliphatic rings. The maximum Gasteiger partial charge on any atom is 0.253 e. The van der Waals surface area contributed by atoms with E-state index in [1.165, 1.54) is 50.5 Å². The molecule has 2 heteroatoms. The molecule has 2 nitrogen and oxygen atoms in total. The van der Waals surface area contributed by atoms with Gasteiger partial charge in [0.15, 0.2) is 0 Å². The van der Waals surface area contributed by atoms with E-state index >= 15 is 0 Å². The normalized spacial score (nSPS) is 10.8. The van der Waals surface area contributed by atoms with Gasteiger partial charge in [0, 0.05) is 18.7 Å². The summed E-state index contributed by atoms with van der Waals surface area (Å²) >= 11 is 0. The number of hydrogen-bond acceptors (Lipinski definition) is 1. The lowest BCUT2D eigenvalue weighted by atomic mass is 10.1. The fourth-order valence-electron chi connectivity index (χ4n) is 3.17. The van der Waals surface area contributed by atoms with Crippen molar-refractivity contribution in [2.24, 2.45) is 0 Å². The zero-order chi connectivity index (χ0) is 18.3. The van der Waals surface area contributed by atoms with Crippen LogP contribution in [0.1, 0.15) is 101 Å². The molecule has 0 spiro atoms. The van der Waals surface area contributed by atoms with Gasteiger partial charge in [-0.1, -0.05) is 84.3 Å². The Morgan fingerprint density at radius 1 is 0.720 bits per heavy atom. The molecule has 0 aliphatic carbocycles. The molecule has 0 atom stereocenters. The van der Waals surface area contributed by atoms with Crippen LogP contribution in [-0.2, 0) is 6.42 Å². The van der Waals surface area contributed by atoms with E-state index in [9.17, 15) is 4.79 Å². The second-order valence-electron chi connectivity index (χ2n) is 7.17. The van der Waals surface area contributed by atoms with Gasteiger partial charge in [-0.25, -0.2) is 0 Å². The second-order valence-corrected chi connectivity index (χ2v) is 7.17. The van der Waals surface area contributed by atoms with Crippen molar-refractivity contribution in [3.8, 4) is 0 Å². The van der Waals surface area contributed by atoms with Crippen molar-refractivity contribution in [3.05, 3.63) is 35.4 Å². The largest absolute Gasteiger partial charge is 0.339 e. The number of unbranched alkanes of at least 4 members (excludes halogenated alkanes) is 8. The third-order valence-electron chi connectivity index (χ3n) is 4.96. The molecule has 0 saturated heterocycles. The average molecular weight is 346 g/mol. The van der Waals surface area contributed by atoms with Crippen molar-refractivity contribution in [2.45, 2.75) is 91.4 Å². The van der Waals surface area contributed by atoms with Crippen molar-refractivity contribution in [1.82, 2.24) is 4.90 Å². The lowest BCUT2D eigenvalue weighted by Gasteiger charge is -2.23. The maximum absolute atomic E-state index is 12.8. The molecule has 0 fully saturated rings. The number of hydrogen-bond donors (Lipinski definition) is 0. The summed E-state index contributed by atoms with van der Waals surface area (Å²) in [6, 6.07) is 8.16. The van der Waals surface area contributed by atoms with Crippen molar-refractivity contribution >= 4 is 5.91 Å². The molecule has 1 amide bonds. The van der Waals surface area contributed by atoms with Gasteiger partial charge in [-0.3, -0.25) is 4.79 Å². The highest BCUT2D eigenvalue weighted by Gasteiger charge is 2.14. The first-order valence-corrected chi connectivity index (χ1v) is 10.6. The molecule has 0 aromatic heterocycles. The number of nitrogens with zero attached hydrogens (tertiary/aromatic N) is 1. The Balaban J connectivity index is 2.40. The molecule has 25 heavy (non-hydrogen) atoms. The number of rotatable bonds is 14. The van der Waals surface area contributed by atoms with Gasteiger partial charge in [0.2, 0.25) is 0 Å². The highest BCUT2D eigenvalue weighted by molar-refractivity contribution is 5.94. The Morgan fingerprint density at radius 2 is 1.24 bits per heavy atom. The summed E-state index contributed by atoms with van der Waals surface area (Å²) in [4.78, 5) is 14.9. The molecule has 0 N–H and O–H groups in total. The predicted molar refractivity (Wildman–Crippen MR) is 109 cm³/mol. The molecule has 1 rings (SSSR count). The molecule has 1 aromatic rings. The van der Waals surface area contributed by atoms with Gasteiger partial charge in [0.25, 0.3) is 5.91 Å². The zero-order valence-corrected chi connectivity index (χ0v) is 16.9. The molecule has 0 heterocycles. The average Bonchev–Trinajstić information content (AvgIpc) is 2.65. The first kappa shape index (κ1) is 21.7. The van der Waals surface area contributed by atoms with E-state index in [-0.39, 0.29) is 5.91 Å². The van der Waals surface area contributed by atoms with E-state index in [0.29, 0.717) is 0 Å². The van der Waals surface area contributed by atoms with E-state index < -0.39 is 0 Å². The van der Waals surface area contributed by atoms with Gasteiger partial charge in [-0.2, -0.15) is 0 Å². The topological polar surface area (TPSA) is 20.3 Å². The van der Waals surface area contributed by atoms with E-state index in [2.05, 4.69) is 37.8 Å². The van der Waals surface area contributed by atoms with Crippen LogP contribution in [0.4, 0.5) is 0 Å². The van der Waals surface area contributed by atoms with Crippen LogP contribution in [0.3, 0.4) is 0 Å². The van der Waals surface area contributed by atoms with Crippen LogP contribution in [-0.4, -0.2) is 23.9 Å². The van der Waals surface area contributed by atoms with Crippen molar-refractivity contribution < 1.29 is 4.79 Å². The summed E-state index contributed by atoms with van der Waals surface area (Å²) in [6.07, 6.45) is 13.7. The van der Waals surface area contributed by atoms with Gasteiger partial charge in [0.1, 0.15) is 0 Å². The highest BCUT2D eigenvalue weighted by atomic mass is 16.2. The monoisotopic (exact) mass is 345 g/mol. The molecule has 0 unspecified atom stereocenters. The number of amides is 1. The summed E-state index contributed by atoms with van der Waals surface area (Å²) in [5, 5.41) is 0. The second kappa shape index (κ2) is 13.9. The Labute approximate surface area is 156 Å². The Bertz CT molecular complexity index is 452. The van der Waals surface area contributed by atoms with Crippen LogP contribution in [0.15, 0.2) is 24.3 Å².